The van der Waals surface area contributed by atoms with Crippen molar-refractivity contribution in [2.75, 3.05) is 0 Å². The summed E-state index contributed by atoms with van der Waals surface area (Å²) < 4.78 is 82.8. The lowest BCUT2D eigenvalue weighted by Crippen LogP contribution is -2.07. The Morgan fingerprint density at radius 1 is 0.857 bits per heavy atom. The molecule has 0 N–H and O–H groups in total. The molecule has 2 aromatic rings. The second kappa shape index (κ2) is 5.59. The zero-order valence-corrected chi connectivity index (χ0v) is 11.5. The molecule has 0 atom stereocenters. The van der Waals surface area contributed by atoms with Gasteiger partial charge >= 0.3 is 6.18 Å². The first-order valence-corrected chi connectivity index (χ1v) is 6.17. The average Bonchev–Trinajstić information content (AvgIpc) is 2.36. The maximum absolute atomic E-state index is 13.6. The van der Waals surface area contributed by atoms with Crippen LogP contribution in [0, 0.1) is 17.5 Å². The number of hydrogen-bond donors (Lipinski definition) is 0. The minimum atomic E-state index is -4.90. The van der Waals surface area contributed by atoms with Crippen molar-refractivity contribution in [1.82, 2.24) is 0 Å². The average molecular weight is 371 g/mol. The van der Waals surface area contributed by atoms with Gasteiger partial charge in [-0.2, -0.15) is 13.2 Å². The van der Waals surface area contributed by atoms with Crippen LogP contribution in [0.25, 0.3) is 0 Å². The summed E-state index contributed by atoms with van der Waals surface area (Å²) in [5.41, 5.74) is -1.50. The molecule has 0 aliphatic heterocycles. The van der Waals surface area contributed by atoms with Crippen molar-refractivity contribution in [2.24, 2.45) is 0 Å². The Morgan fingerprint density at radius 3 is 1.95 bits per heavy atom. The van der Waals surface area contributed by atoms with Gasteiger partial charge in [0.15, 0.2) is 29.0 Å². The molecule has 0 heterocycles. The molecular weight excluding hydrogens is 366 g/mol. The van der Waals surface area contributed by atoms with E-state index in [0.29, 0.717) is 4.47 Å². The van der Waals surface area contributed by atoms with Crippen molar-refractivity contribution in [1.29, 1.82) is 0 Å². The first-order valence-electron chi connectivity index (χ1n) is 5.37. The topological polar surface area (TPSA) is 9.23 Å². The molecule has 0 amide bonds. The van der Waals surface area contributed by atoms with E-state index in [0.717, 1.165) is 12.1 Å². The molecule has 2 rings (SSSR count). The van der Waals surface area contributed by atoms with Crippen molar-refractivity contribution in [3.05, 3.63) is 57.8 Å². The van der Waals surface area contributed by atoms with Gasteiger partial charge in [0, 0.05) is 4.47 Å². The Labute approximate surface area is 123 Å². The van der Waals surface area contributed by atoms with Crippen LogP contribution in [0.2, 0.25) is 0 Å². The fourth-order valence-electron chi connectivity index (χ4n) is 1.49. The summed E-state index contributed by atoms with van der Waals surface area (Å²) in [6.07, 6.45) is -4.90. The number of halogens is 7. The molecule has 0 unspecified atom stereocenters. The van der Waals surface area contributed by atoms with E-state index in [1.165, 1.54) is 6.07 Å². The van der Waals surface area contributed by atoms with E-state index in [-0.39, 0.29) is 12.1 Å². The highest BCUT2D eigenvalue weighted by Crippen LogP contribution is 2.36. The number of hydrogen-bond acceptors (Lipinski definition) is 1. The van der Waals surface area contributed by atoms with Crippen LogP contribution in [0.3, 0.4) is 0 Å². The number of alkyl halides is 3. The fraction of sp³-hybridized carbons (Fsp3) is 0.0769. The van der Waals surface area contributed by atoms with E-state index in [9.17, 15) is 26.3 Å². The molecule has 0 spiro atoms. The van der Waals surface area contributed by atoms with Gasteiger partial charge in [-0.3, -0.25) is 0 Å². The summed E-state index contributed by atoms with van der Waals surface area (Å²) in [7, 11) is 0. The highest BCUT2D eigenvalue weighted by Gasteiger charge is 2.33. The van der Waals surface area contributed by atoms with E-state index in [2.05, 4.69) is 15.9 Å². The van der Waals surface area contributed by atoms with Gasteiger partial charge in [0.2, 0.25) is 0 Å². The maximum Gasteiger partial charge on any atom is 0.416 e. The molecule has 0 bridgehead atoms. The number of rotatable bonds is 2. The van der Waals surface area contributed by atoms with Crippen molar-refractivity contribution in [2.45, 2.75) is 6.18 Å². The Kier molecular flexibility index (Phi) is 4.18. The van der Waals surface area contributed by atoms with Crippen molar-refractivity contribution in [3.8, 4) is 11.5 Å². The van der Waals surface area contributed by atoms with Gasteiger partial charge in [-0.15, -0.1) is 0 Å². The van der Waals surface area contributed by atoms with Crippen molar-refractivity contribution in [3.63, 3.8) is 0 Å². The van der Waals surface area contributed by atoms with Crippen molar-refractivity contribution < 1.29 is 31.1 Å². The largest absolute Gasteiger partial charge is 0.448 e. The molecule has 8 heteroatoms. The summed E-state index contributed by atoms with van der Waals surface area (Å²) in [6.45, 7) is 0. The number of ether oxygens (including phenoxy) is 1. The molecule has 0 aliphatic rings. The van der Waals surface area contributed by atoms with E-state index < -0.39 is 40.7 Å². The van der Waals surface area contributed by atoms with Gasteiger partial charge in [-0.1, -0.05) is 15.9 Å². The molecule has 2 aromatic carbocycles. The van der Waals surface area contributed by atoms with Gasteiger partial charge in [0.25, 0.3) is 0 Å². The zero-order valence-electron chi connectivity index (χ0n) is 9.94. The zero-order chi connectivity index (χ0) is 15.8. The molecule has 21 heavy (non-hydrogen) atoms. The molecule has 0 saturated carbocycles. The molecule has 0 aromatic heterocycles. The van der Waals surface area contributed by atoms with Crippen LogP contribution >= 0.6 is 15.9 Å². The van der Waals surface area contributed by atoms with Crippen molar-refractivity contribution >= 4 is 15.9 Å². The fourth-order valence-corrected chi connectivity index (χ4v) is 1.83. The van der Waals surface area contributed by atoms with Gasteiger partial charge in [-0.25, -0.2) is 13.2 Å². The summed E-state index contributed by atoms with van der Waals surface area (Å²) in [5, 5.41) is 0. The maximum atomic E-state index is 13.6. The van der Waals surface area contributed by atoms with Gasteiger partial charge in [0.05, 0.1) is 5.56 Å². The van der Waals surface area contributed by atoms with E-state index >= 15 is 0 Å². The number of benzene rings is 2. The van der Waals surface area contributed by atoms with Crippen LogP contribution in [0.15, 0.2) is 34.8 Å². The summed E-state index contributed by atoms with van der Waals surface area (Å²) in [6, 6.07) is 3.54. The monoisotopic (exact) mass is 370 g/mol. The lowest BCUT2D eigenvalue weighted by atomic mass is 10.2. The third kappa shape index (κ3) is 3.49. The summed E-state index contributed by atoms with van der Waals surface area (Å²) >= 11 is 3.00. The summed E-state index contributed by atoms with van der Waals surface area (Å²) in [4.78, 5) is 0. The Bertz CT molecular complexity index is 660. The molecule has 112 valence electrons. The molecule has 1 nitrogen and oxygen atoms in total. The lowest BCUT2D eigenvalue weighted by molar-refractivity contribution is -0.138. The minimum absolute atomic E-state index is 0.0777. The third-order valence-electron chi connectivity index (χ3n) is 2.43. The van der Waals surface area contributed by atoms with Crippen LogP contribution < -0.4 is 4.74 Å². The molecule has 0 fully saturated rings. The van der Waals surface area contributed by atoms with Gasteiger partial charge in [0.1, 0.15) is 0 Å². The highest BCUT2D eigenvalue weighted by atomic mass is 79.9. The molecule has 0 aliphatic carbocycles. The Morgan fingerprint density at radius 2 is 1.43 bits per heavy atom. The first kappa shape index (κ1) is 15.7. The second-order valence-corrected chi connectivity index (χ2v) is 4.86. The molecule has 0 saturated heterocycles. The van der Waals surface area contributed by atoms with Gasteiger partial charge < -0.3 is 4.74 Å². The predicted molar refractivity (Wildman–Crippen MR) is 65.5 cm³/mol. The smallest absolute Gasteiger partial charge is 0.416 e. The van der Waals surface area contributed by atoms with Crippen LogP contribution in [0.4, 0.5) is 26.3 Å². The Hall–Kier alpha value is -1.70. The lowest BCUT2D eigenvalue weighted by Gasteiger charge is -2.12. The second-order valence-electron chi connectivity index (χ2n) is 3.94. The van der Waals surface area contributed by atoms with Gasteiger partial charge in [-0.05, 0) is 30.3 Å². The standard InChI is InChI=1S/C13H5BrF6O/c14-7-1-2-8(15)11(5-7)21-12-9(16)3-6(4-10(12)17)13(18,19)20/h1-5H. The third-order valence-corrected chi connectivity index (χ3v) is 2.92. The quantitative estimate of drug-likeness (QED) is 0.618. The van der Waals surface area contributed by atoms with E-state index in [1.54, 1.807) is 0 Å². The summed E-state index contributed by atoms with van der Waals surface area (Å²) in [5.74, 6) is -5.72. The van der Waals surface area contributed by atoms with Crippen LogP contribution in [0.5, 0.6) is 11.5 Å². The predicted octanol–water partition coefficient (Wildman–Crippen LogP) is 5.68. The Balaban J connectivity index is 2.44. The van der Waals surface area contributed by atoms with E-state index in [4.69, 9.17) is 4.74 Å². The van der Waals surface area contributed by atoms with Crippen LogP contribution in [0.1, 0.15) is 5.56 Å². The highest BCUT2D eigenvalue weighted by molar-refractivity contribution is 9.10. The minimum Gasteiger partial charge on any atom is -0.448 e. The normalized spacial score (nSPS) is 11.6. The van der Waals surface area contributed by atoms with E-state index in [1.807, 2.05) is 0 Å². The van der Waals surface area contributed by atoms with Crippen LogP contribution in [-0.2, 0) is 6.18 Å². The first-order chi connectivity index (χ1) is 9.68. The SMILES string of the molecule is Fc1ccc(Br)cc1Oc1c(F)cc(C(F)(F)F)cc1F. The molecule has 0 radical (unpaired) electrons. The molecular formula is C13H5BrF6O. The van der Waals surface area contributed by atoms with Crippen LogP contribution in [-0.4, -0.2) is 0 Å².